The third-order valence-electron chi connectivity index (χ3n) is 5.05. The van der Waals surface area contributed by atoms with Crippen LogP contribution >= 0.6 is 11.6 Å². The summed E-state index contributed by atoms with van der Waals surface area (Å²) in [7, 11) is -3.49. The Hall–Kier alpha value is -1.51. The van der Waals surface area contributed by atoms with E-state index in [1.807, 2.05) is 57.2 Å². The van der Waals surface area contributed by atoms with Gasteiger partial charge in [0.15, 0.2) is 0 Å². The summed E-state index contributed by atoms with van der Waals surface area (Å²) in [6, 6.07) is 11.8. The standard InChI is InChI=1S/C21H28ClN3O3S/c1-4-24(5-2)29(26,27)25-9-10-28-21(15-25)20-14-18(11-16(3)23-20)12-17-7-6-8-19(22)13-17/h6-8,11,13-14,21H,4-5,9-10,12,15H2,1-3H3/t21-/m1/s1. The molecule has 0 N–H and O–H groups in total. The first-order valence-electron chi connectivity index (χ1n) is 9.92. The lowest BCUT2D eigenvalue weighted by Gasteiger charge is -2.35. The van der Waals surface area contributed by atoms with Crippen molar-refractivity contribution in [3.05, 3.63) is 63.9 Å². The van der Waals surface area contributed by atoms with E-state index >= 15 is 0 Å². The van der Waals surface area contributed by atoms with Crippen molar-refractivity contribution in [3.63, 3.8) is 0 Å². The highest BCUT2D eigenvalue weighted by Crippen LogP contribution is 2.26. The maximum atomic E-state index is 12.9. The zero-order valence-electron chi connectivity index (χ0n) is 17.1. The molecule has 3 rings (SSSR count). The molecule has 1 aromatic carbocycles. The minimum atomic E-state index is -3.49. The molecule has 1 saturated heterocycles. The maximum absolute atomic E-state index is 12.9. The van der Waals surface area contributed by atoms with Crippen LogP contribution in [0.2, 0.25) is 5.02 Å². The second kappa shape index (κ2) is 9.53. The summed E-state index contributed by atoms with van der Waals surface area (Å²) in [6.45, 7) is 7.53. The van der Waals surface area contributed by atoms with E-state index in [0.29, 0.717) is 31.3 Å². The fourth-order valence-electron chi connectivity index (χ4n) is 3.65. The molecule has 1 aromatic heterocycles. The molecule has 2 heterocycles. The van der Waals surface area contributed by atoms with Crippen LogP contribution in [0.25, 0.3) is 0 Å². The molecule has 8 heteroatoms. The van der Waals surface area contributed by atoms with Crippen molar-refractivity contribution in [2.45, 2.75) is 33.3 Å². The Bertz CT molecular complexity index is 948. The number of pyridine rings is 1. The molecule has 6 nitrogen and oxygen atoms in total. The van der Waals surface area contributed by atoms with Gasteiger partial charge in [-0.25, -0.2) is 0 Å². The normalized spacial score (nSPS) is 18.3. The smallest absolute Gasteiger partial charge is 0.282 e. The summed E-state index contributed by atoms with van der Waals surface area (Å²) in [6.07, 6.45) is 0.345. The summed E-state index contributed by atoms with van der Waals surface area (Å²) < 4.78 is 34.7. The zero-order valence-corrected chi connectivity index (χ0v) is 18.7. The Balaban J connectivity index is 1.82. The van der Waals surface area contributed by atoms with Gasteiger partial charge in [0.05, 0.1) is 12.3 Å². The fraction of sp³-hybridized carbons (Fsp3) is 0.476. The minimum Gasteiger partial charge on any atom is -0.369 e. The number of benzene rings is 1. The van der Waals surface area contributed by atoms with Gasteiger partial charge in [-0.15, -0.1) is 0 Å². The quantitative estimate of drug-likeness (QED) is 0.664. The second-order valence-electron chi connectivity index (χ2n) is 7.16. The summed E-state index contributed by atoms with van der Waals surface area (Å²) in [5, 5.41) is 0.710. The van der Waals surface area contributed by atoms with Crippen molar-refractivity contribution < 1.29 is 13.2 Å². The summed E-state index contributed by atoms with van der Waals surface area (Å²) in [5.41, 5.74) is 3.86. The van der Waals surface area contributed by atoms with Gasteiger partial charge in [-0.05, 0) is 48.7 Å². The lowest BCUT2D eigenvalue weighted by Crippen LogP contribution is -2.49. The minimum absolute atomic E-state index is 0.270. The number of morpholine rings is 1. The second-order valence-corrected chi connectivity index (χ2v) is 9.52. The molecule has 0 unspecified atom stereocenters. The molecule has 0 saturated carbocycles. The van der Waals surface area contributed by atoms with Gasteiger partial charge in [-0.2, -0.15) is 17.0 Å². The highest BCUT2D eigenvalue weighted by Gasteiger charge is 2.34. The van der Waals surface area contributed by atoms with Gasteiger partial charge in [0.2, 0.25) is 0 Å². The molecule has 1 fully saturated rings. The van der Waals surface area contributed by atoms with E-state index in [1.54, 1.807) is 0 Å². The SMILES string of the molecule is CCN(CC)S(=O)(=O)N1CCO[C@@H](c2cc(Cc3cccc(Cl)c3)cc(C)n2)C1. The van der Waals surface area contributed by atoms with Crippen LogP contribution < -0.4 is 0 Å². The zero-order chi connectivity index (χ0) is 21.0. The topological polar surface area (TPSA) is 62.7 Å². The molecule has 0 aliphatic carbocycles. The monoisotopic (exact) mass is 437 g/mol. The van der Waals surface area contributed by atoms with Gasteiger partial charge in [-0.1, -0.05) is 37.6 Å². The molecule has 158 valence electrons. The van der Waals surface area contributed by atoms with Crippen molar-refractivity contribution in [2.75, 3.05) is 32.8 Å². The first-order chi connectivity index (χ1) is 13.8. The highest BCUT2D eigenvalue weighted by atomic mass is 35.5. The largest absolute Gasteiger partial charge is 0.369 e. The van der Waals surface area contributed by atoms with Crippen molar-refractivity contribution >= 4 is 21.8 Å². The first kappa shape index (κ1) is 22.2. The van der Waals surface area contributed by atoms with Crippen LogP contribution in [0, 0.1) is 6.92 Å². The van der Waals surface area contributed by atoms with E-state index in [2.05, 4.69) is 4.98 Å². The molecular weight excluding hydrogens is 410 g/mol. The number of halogens is 1. The van der Waals surface area contributed by atoms with Gasteiger partial charge in [0.25, 0.3) is 10.2 Å². The summed E-state index contributed by atoms with van der Waals surface area (Å²) in [5.74, 6) is 0. The van der Waals surface area contributed by atoms with Crippen LogP contribution in [0.5, 0.6) is 0 Å². The molecule has 0 radical (unpaired) electrons. The molecule has 0 bridgehead atoms. The number of ether oxygens (including phenoxy) is 1. The van der Waals surface area contributed by atoms with Crippen LogP contribution in [0.4, 0.5) is 0 Å². The fourth-order valence-corrected chi connectivity index (χ4v) is 5.47. The Labute approximate surface area is 178 Å². The molecule has 29 heavy (non-hydrogen) atoms. The van der Waals surface area contributed by atoms with Crippen LogP contribution in [-0.2, 0) is 21.4 Å². The lowest BCUT2D eigenvalue weighted by atomic mass is 10.0. The Kier molecular flexibility index (Phi) is 7.29. The van der Waals surface area contributed by atoms with Gasteiger partial charge < -0.3 is 4.74 Å². The van der Waals surface area contributed by atoms with E-state index in [9.17, 15) is 8.42 Å². The summed E-state index contributed by atoms with van der Waals surface area (Å²) >= 11 is 6.10. The molecule has 0 amide bonds. The third kappa shape index (κ3) is 5.35. The van der Waals surface area contributed by atoms with Gasteiger partial charge in [0, 0.05) is 36.9 Å². The number of hydrogen-bond donors (Lipinski definition) is 0. The molecule has 0 spiro atoms. The lowest BCUT2D eigenvalue weighted by molar-refractivity contribution is -0.00668. The van der Waals surface area contributed by atoms with Gasteiger partial charge >= 0.3 is 0 Å². The molecule has 1 aliphatic heterocycles. The highest BCUT2D eigenvalue weighted by molar-refractivity contribution is 7.86. The maximum Gasteiger partial charge on any atom is 0.282 e. The summed E-state index contributed by atoms with van der Waals surface area (Å²) in [4.78, 5) is 4.63. The predicted octanol–water partition coefficient (Wildman–Crippen LogP) is 3.59. The molecular formula is C21H28ClN3O3S. The Morgan fingerprint density at radius 1 is 1.21 bits per heavy atom. The van der Waals surface area contributed by atoms with E-state index in [4.69, 9.17) is 16.3 Å². The van der Waals surface area contributed by atoms with E-state index in [1.165, 1.54) is 8.61 Å². The Morgan fingerprint density at radius 3 is 2.66 bits per heavy atom. The van der Waals surface area contributed by atoms with E-state index in [0.717, 1.165) is 28.9 Å². The number of rotatable bonds is 7. The molecule has 1 atom stereocenters. The number of aromatic nitrogens is 1. The molecule has 1 aliphatic rings. The van der Waals surface area contributed by atoms with E-state index < -0.39 is 10.2 Å². The van der Waals surface area contributed by atoms with Gasteiger partial charge in [0.1, 0.15) is 6.10 Å². The average Bonchev–Trinajstić information content (AvgIpc) is 2.68. The third-order valence-corrected chi connectivity index (χ3v) is 7.44. The number of aryl methyl sites for hydroxylation is 1. The van der Waals surface area contributed by atoms with Crippen LogP contribution in [0.15, 0.2) is 36.4 Å². The van der Waals surface area contributed by atoms with Crippen molar-refractivity contribution in [1.29, 1.82) is 0 Å². The van der Waals surface area contributed by atoms with Crippen LogP contribution in [0.1, 0.15) is 42.5 Å². The van der Waals surface area contributed by atoms with Crippen molar-refractivity contribution in [3.8, 4) is 0 Å². The van der Waals surface area contributed by atoms with Crippen molar-refractivity contribution in [1.82, 2.24) is 13.6 Å². The Morgan fingerprint density at radius 2 is 1.97 bits per heavy atom. The predicted molar refractivity (Wildman–Crippen MR) is 115 cm³/mol. The molecule has 2 aromatic rings. The van der Waals surface area contributed by atoms with Gasteiger partial charge in [-0.3, -0.25) is 4.98 Å². The van der Waals surface area contributed by atoms with E-state index in [-0.39, 0.29) is 12.6 Å². The first-order valence-corrected chi connectivity index (χ1v) is 11.7. The number of nitrogens with zero attached hydrogens (tertiary/aromatic N) is 3. The van der Waals surface area contributed by atoms with Crippen LogP contribution in [-0.4, -0.2) is 54.8 Å². The van der Waals surface area contributed by atoms with Crippen LogP contribution in [0.3, 0.4) is 0 Å². The average molecular weight is 438 g/mol. The van der Waals surface area contributed by atoms with Crippen molar-refractivity contribution in [2.24, 2.45) is 0 Å². The number of hydrogen-bond acceptors (Lipinski definition) is 4.